The van der Waals surface area contributed by atoms with E-state index in [-0.39, 0.29) is 0 Å². The van der Waals surface area contributed by atoms with Crippen LogP contribution in [0.4, 0.5) is 0 Å². The highest BCUT2D eigenvalue weighted by Gasteiger charge is 2.06. The summed E-state index contributed by atoms with van der Waals surface area (Å²) in [6, 6.07) is 7.40. The Morgan fingerprint density at radius 1 is 1.38 bits per heavy atom. The highest BCUT2D eigenvalue weighted by atomic mass is 16.5. The quantitative estimate of drug-likeness (QED) is 0.477. The predicted molar refractivity (Wildman–Crippen MR) is 62.9 cm³/mol. The molecular weight excluding hydrogens is 202 g/mol. The van der Waals surface area contributed by atoms with E-state index >= 15 is 0 Å². The maximum Gasteiger partial charge on any atom is 0.335 e. The Morgan fingerprint density at radius 2 is 2.12 bits per heavy atom. The molecule has 0 saturated heterocycles. The van der Waals surface area contributed by atoms with Crippen LogP contribution < -0.4 is 10.1 Å². The van der Waals surface area contributed by atoms with Crippen molar-refractivity contribution in [2.45, 2.75) is 6.42 Å². The molecule has 0 radical (unpaired) electrons. The number of esters is 1. The lowest BCUT2D eigenvalue weighted by Crippen LogP contribution is -2.06. The van der Waals surface area contributed by atoms with Crippen molar-refractivity contribution in [3.05, 3.63) is 48.6 Å². The van der Waals surface area contributed by atoms with E-state index in [1.54, 1.807) is 12.1 Å². The predicted octanol–water partition coefficient (Wildman–Crippen LogP) is 2.11. The van der Waals surface area contributed by atoms with Crippen LogP contribution in [-0.2, 0) is 4.79 Å². The minimum Gasteiger partial charge on any atom is -0.423 e. The third-order valence-corrected chi connectivity index (χ3v) is 2.36. The minimum atomic E-state index is -0.439. The summed E-state index contributed by atoms with van der Waals surface area (Å²) >= 11 is 0. The van der Waals surface area contributed by atoms with Crippen LogP contribution in [0.5, 0.6) is 5.75 Å². The Kier molecular flexibility index (Phi) is 3.05. The molecule has 1 N–H and O–H groups in total. The third-order valence-electron chi connectivity index (χ3n) is 2.36. The molecule has 0 bridgehead atoms. The van der Waals surface area contributed by atoms with Gasteiger partial charge in [0, 0.05) is 18.3 Å². The van der Waals surface area contributed by atoms with Gasteiger partial charge in [-0.25, -0.2) is 4.79 Å². The van der Waals surface area contributed by atoms with Crippen molar-refractivity contribution in [2.24, 2.45) is 0 Å². The van der Waals surface area contributed by atoms with Gasteiger partial charge < -0.3 is 10.1 Å². The summed E-state index contributed by atoms with van der Waals surface area (Å²) in [4.78, 5) is 11.0. The van der Waals surface area contributed by atoms with E-state index in [1.165, 1.54) is 0 Å². The topological polar surface area (TPSA) is 38.3 Å². The molecule has 3 heteroatoms. The number of ether oxygens (including phenoxy) is 1. The molecule has 0 unspecified atom stereocenters. The van der Waals surface area contributed by atoms with Gasteiger partial charge in [0.25, 0.3) is 0 Å². The molecule has 1 heterocycles. The number of carbonyl (C=O) groups excluding carboxylic acids is 1. The molecule has 16 heavy (non-hydrogen) atoms. The smallest absolute Gasteiger partial charge is 0.335 e. The number of carbonyl (C=O) groups is 1. The van der Waals surface area contributed by atoms with Crippen molar-refractivity contribution < 1.29 is 9.53 Å². The molecule has 1 aliphatic heterocycles. The molecule has 3 nitrogen and oxygen atoms in total. The van der Waals surface area contributed by atoms with Crippen molar-refractivity contribution in [2.75, 3.05) is 6.54 Å². The molecule has 82 valence electrons. The number of hydrogen-bond acceptors (Lipinski definition) is 3. The van der Waals surface area contributed by atoms with Gasteiger partial charge in [-0.2, -0.15) is 0 Å². The normalized spacial score (nSPS) is 13.9. The van der Waals surface area contributed by atoms with Crippen LogP contribution in [0, 0.1) is 0 Å². The first-order chi connectivity index (χ1) is 7.79. The van der Waals surface area contributed by atoms with Crippen molar-refractivity contribution in [3.63, 3.8) is 0 Å². The van der Waals surface area contributed by atoms with Crippen LogP contribution >= 0.6 is 0 Å². The van der Waals surface area contributed by atoms with E-state index < -0.39 is 5.97 Å². The number of rotatable bonds is 3. The van der Waals surface area contributed by atoms with Gasteiger partial charge >= 0.3 is 5.97 Å². The van der Waals surface area contributed by atoms with Crippen LogP contribution in [0.1, 0.15) is 12.0 Å². The highest BCUT2D eigenvalue weighted by molar-refractivity contribution is 5.83. The molecule has 0 saturated carbocycles. The molecule has 0 amide bonds. The molecule has 2 rings (SSSR count). The van der Waals surface area contributed by atoms with Crippen molar-refractivity contribution >= 4 is 11.7 Å². The van der Waals surface area contributed by atoms with Crippen LogP contribution in [0.2, 0.25) is 0 Å². The Labute approximate surface area is 94.4 Å². The number of hydrogen-bond donors (Lipinski definition) is 1. The van der Waals surface area contributed by atoms with Gasteiger partial charge in [-0.1, -0.05) is 12.7 Å². The SMILES string of the molecule is C=CC(=O)Oc1ccc(C2=CCCN2)cc1. The average Bonchev–Trinajstić information content (AvgIpc) is 2.83. The second kappa shape index (κ2) is 4.66. The lowest BCUT2D eigenvalue weighted by atomic mass is 10.1. The Morgan fingerprint density at radius 3 is 2.69 bits per heavy atom. The van der Waals surface area contributed by atoms with Gasteiger partial charge in [-0.05, 0) is 36.2 Å². The second-order valence-corrected chi connectivity index (χ2v) is 3.48. The minimum absolute atomic E-state index is 0.439. The molecule has 0 fully saturated rings. The van der Waals surface area contributed by atoms with Gasteiger partial charge in [0.1, 0.15) is 5.75 Å². The maximum atomic E-state index is 11.0. The van der Waals surface area contributed by atoms with Crippen molar-refractivity contribution in [1.82, 2.24) is 5.32 Å². The van der Waals surface area contributed by atoms with Crippen LogP contribution in [0.15, 0.2) is 43.0 Å². The molecule has 1 aromatic carbocycles. The largest absolute Gasteiger partial charge is 0.423 e. The van der Waals surface area contributed by atoms with Crippen molar-refractivity contribution in [1.29, 1.82) is 0 Å². The summed E-state index contributed by atoms with van der Waals surface area (Å²) in [5, 5.41) is 3.28. The number of benzene rings is 1. The first kappa shape index (κ1) is 10.5. The summed E-state index contributed by atoms with van der Waals surface area (Å²) in [7, 11) is 0. The maximum absolute atomic E-state index is 11.0. The molecule has 0 atom stereocenters. The van der Waals surface area contributed by atoms with Gasteiger partial charge in [0.05, 0.1) is 0 Å². The molecular formula is C13H13NO2. The fourth-order valence-electron chi connectivity index (χ4n) is 1.58. The van der Waals surface area contributed by atoms with Crippen molar-refractivity contribution in [3.8, 4) is 5.75 Å². The average molecular weight is 215 g/mol. The third kappa shape index (κ3) is 2.31. The van der Waals surface area contributed by atoms with E-state index in [0.717, 1.165) is 30.3 Å². The molecule has 0 aromatic heterocycles. The lowest BCUT2D eigenvalue weighted by molar-refractivity contribution is -0.128. The van der Waals surface area contributed by atoms with E-state index in [0.29, 0.717) is 5.75 Å². The van der Waals surface area contributed by atoms with Gasteiger partial charge in [-0.3, -0.25) is 0 Å². The van der Waals surface area contributed by atoms with Gasteiger partial charge in [0.15, 0.2) is 0 Å². The zero-order chi connectivity index (χ0) is 11.4. The summed E-state index contributed by atoms with van der Waals surface area (Å²) in [5.41, 5.74) is 2.25. The fraction of sp³-hybridized carbons (Fsp3) is 0.154. The zero-order valence-electron chi connectivity index (χ0n) is 8.90. The Bertz CT molecular complexity index is 432. The van der Waals surface area contributed by atoms with Gasteiger partial charge in [0.2, 0.25) is 0 Å². The molecule has 0 spiro atoms. The first-order valence-electron chi connectivity index (χ1n) is 5.18. The summed E-state index contributed by atoms with van der Waals surface area (Å²) in [6.07, 6.45) is 4.36. The van der Waals surface area contributed by atoms with Gasteiger partial charge in [-0.15, -0.1) is 0 Å². The van der Waals surface area contributed by atoms with E-state index in [9.17, 15) is 4.79 Å². The Hall–Kier alpha value is -2.03. The lowest BCUT2D eigenvalue weighted by Gasteiger charge is -2.05. The standard InChI is InChI=1S/C13H13NO2/c1-2-13(15)16-11-7-5-10(6-8-11)12-4-3-9-14-12/h2,4-8,14H,1,3,9H2. The molecule has 0 aliphatic carbocycles. The first-order valence-corrected chi connectivity index (χ1v) is 5.18. The van der Waals surface area contributed by atoms with Crippen LogP contribution in [-0.4, -0.2) is 12.5 Å². The highest BCUT2D eigenvalue weighted by Crippen LogP contribution is 2.19. The number of nitrogens with one attached hydrogen (secondary N) is 1. The van der Waals surface area contributed by atoms with E-state index in [2.05, 4.69) is 18.0 Å². The van der Waals surface area contributed by atoms with E-state index in [1.807, 2.05) is 12.1 Å². The summed E-state index contributed by atoms with van der Waals surface area (Å²) < 4.78 is 4.98. The van der Waals surface area contributed by atoms with Crippen LogP contribution in [0.25, 0.3) is 5.70 Å². The molecule has 1 aliphatic rings. The van der Waals surface area contributed by atoms with E-state index in [4.69, 9.17) is 4.74 Å². The van der Waals surface area contributed by atoms with Crippen LogP contribution in [0.3, 0.4) is 0 Å². The monoisotopic (exact) mass is 215 g/mol. The fourth-order valence-corrected chi connectivity index (χ4v) is 1.58. The second-order valence-electron chi connectivity index (χ2n) is 3.48. The Balaban J connectivity index is 2.10. The summed E-state index contributed by atoms with van der Waals surface area (Å²) in [5.74, 6) is 0.0956. The molecule has 1 aromatic rings. The zero-order valence-corrected chi connectivity index (χ0v) is 8.90. The summed E-state index contributed by atoms with van der Waals surface area (Å²) in [6.45, 7) is 4.33.